The third kappa shape index (κ3) is 3.59. The third-order valence-electron chi connectivity index (χ3n) is 3.43. The number of hydrogen-bond acceptors (Lipinski definition) is 4. The minimum absolute atomic E-state index is 0.341. The Morgan fingerprint density at radius 2 is 1.91 bits per heavy atom. The van der Waals surface area contributed by atoms with Gasteiger partial charge in [-0.25, -0.2) is 14.4 Å². The molecule has 5 heteroatoms. The number of rotatable bonds is 6. The summed E-state index contributed by atoms with van der Waals surface area (Å²) in [7, 11) is 0. The van der Waals surface area contributed by atoms with Crippen LogP contribution in [0, 0.1) is 17.1 Å². The maximum absolute atomic E-state index is 14.5. The van der Waals surface area contributed by atoms with Gasteiger partial charge in [0.15, 0.2) is 11.6 Å². The van der Waals surface area contributed by atoms with Crippen molar-refractivity contribution >= 4 is 5.82 Å². The average Bonchev–Trinajstić information content (AvgIpc) is 2.55. The highest BCUT2D eigenvalue weighted by molar-refractivity contribution is 5.42. The molecule has 0 unspecified atom stereocenters. The van der Waals surface area contributed by atoms with Gasteiger partial charge in [0.1, 0.15) is 6.33 Å². The summed E-state index contributed by atoms with van der Waals surface area (Å²) in [5.41, 5.74) is 2.07. The molecule has 0 N–H and O–H groups in total. The van der Waals surface area contributed by atoms with Crippen LogP contribution in [0.1, 0.15) is 37.1 Å². The highest BCUT2D eigenvalue weighted by atomic mass is 19.1. The van der Waals surface area contributed by atoms with Gasteiger partial charge in [-0.2, -0.15) is 5.26 Å². The Hall–Kier alpha value is -2.48. The van der Waals surface area contributed by atoms with Crippen LogP contribution in [-0.4, -0.2) is 16.5 Å². The largest absolute Gasteiger partial charge is 0.350 e. The van der Waals surface area contributed by atoms with Gasteiger partial charge in [-0.1, -0.05) is 26.0 Å². The Morgan fingerprint density at radius 3 is 2.50 bits per heavy atom. The number of hydrogen-bond donors (Lipinski definition) is 0. The Balaban J connectivity index is 2.28. The van der Waals surface area contributed by atoms with Crippen LogP contribution in [0.2, 0.25) is 0 Å². The van der Waals surface area contributed by atoms with Gasteiger partial charge >= 0.3 is 0 Å². The van der Waals surface area contributed by atoms with E-state index >= 15 is 0 Å². The van der Waals surface area contributed by atoms with Gasteiger partial charge in [0.05, 0.1) is 17.3 Å². The van der Waals surface area contributed by atoms with Gasteiger partial charge in [0.2, 0.25) is 0 Å². The van der Waals surface area contributed by atoms with Gasteiger partial charge in [-0.3, -0.25) is 0 Å². The zero-order chi connectivity index (χ0) is 15.9. The Bertz CT molecular complexity index is 661. The third-order valence-corrected chi connectivity index (χ3v) is 3.43. The van der Waals surface area contributed by atoms with Crippen molar-refractivity contribution in [3.05, 3.63) is 53.2 Å². The first kappa shape index (κ1) is 15.9. The molecule has 0 fully saturated rings. The van der Waals surface area contributed by atoms with E-state index in [2.05, 4.69) is 16.0 Å². The summed E-state index contributed by atoms with van der Waals surface area (Å²) in [5, 5.41) is 8.84. The molecule has 0 bridgehead atoms. The molecule has 2 rings (SSSR count). The maximum Gasteiger partial charge on any atom is 0.187 e. The fourth-order valence-corrected chi connectivity index (χ4v) is 2.30. The van der Waals surface area contributed by atoms with Crippen LogP contribution in [0.3, 0.4) is 0 Å². The molecule has 2 aromatic rings. The lowest BCUT2D eigenvalue weighted by atomic mass is 10.1. The van der Waals surface area contributed by atoms with Gasteiger partial charge < -0.3 is 4.90 Å². The topological polar surface area (TPSA) is 52.8 Å². The van der Waals surface area contributed by atoms with Crippen LogP contribution in [-0.2, 0) is 13.0 Å². The second-order valence-corrected chi connectivity index (χ2v) is 5.04. The van der Waals surface area contributed by atoms with E-state index in [4.69, 9.17) is 5.26 Å². The van der Waals surface area contributed by atoms with Crippen molar-refractivity contribution in [1.82, 2.24) is 9.97 Å². The van der Waals surface area contributed by atoms with Crippen LogP contribution in [0.25, 0.3) is 0 Å². The minimum atomic E-state index is -0.341. The Kier molecular flexibility index (Phi) is 5.42. The molecule has 0 aliphatic rings. The summed E-state index contributed by atoms with van der Waals surface area (Å²) in [6.07, 6.45) is 2.85. The van der Waals surface area contributed by atoms with Crippen LogP contribution in [0.15, 0.2) is 30.6 Å². The lowest BCUT2D eigenvalue weighted by Gasteiger charge is -2.24. The van der Waals surface area contributed by atoms with Crippen molar-refractivity contribution in [2.45, 2.75) is 33.2 Å². The standard InChI is InChI=1S/C17H19FN4/c1-3-9-22(11-14-7-5-13(10-19)6-8-14)17-16(18)15(4-2)20-12-21-17/h5-8,12H,3-4,9,11H2,1-2H3. The van der Waals surface area contributed by atoms with Gasteiger partial charge in [0.25, 0.3) is 0 Å². The normalized spacial score (nSPS) is 10.3. The van der Waals surface area contributed by atoms with E-state index < -0.39 is 0 Å². The summed E-state index contributed by atoms with van der Waals surface area (Å²) >= 11 is 0. The molecule has 1 aromatic carbocycles. The molecule has 0 atom stereocenters. The molecule has 4 nitrogen and oxygen atoms in total. The van der Waals surface area contributed by atoms with Crippen LogP contribution < -0.4 is 4.90 Å². The van der Waals surface area contributed by atoms with E-state index in [0.29, 0.717) is 36.6 Å². The molecule has 0 radical (unpaired) electrons. The molecular weight excluding hydrogens is 279 g/mol. The van der Waals surface area contributed by atoms with Crippen molar-refractivity contribution in [3.63, 3.8) is 0 Å². The first-order chi connectivity index (χ1) is 10.7. The SMILES string of the molecule is CCCN(Cc1ccc(C#N)cc1)c1ncnc(CC)c1F. The van der Waals surface area contributed by atoms with Crippen LogP contribution in [0.4, 0.5) is 10.2 Å². The summed E-state index contributed by atoms with van der Waals surface area (Å²) in [6, 6.07) is 9.42. The molecule has 22 heavy (non-hydrogen) atoms. The quantitative estimate of drug-likeness (QED) is 0.819. The van der Waals surface area contributed by atoms with E-state index in [-0.39, 0.29) is 5.82 Å². The number of benzene rings is 1. The van der Waals surface area contributed by atoms with Gasteiger partial charge in [0, 0.05) is 13.1 Å². The van der Waals surface area contributed by atoms with Crippen molar-refractivity contribution in [1.29, 1.82) is 5.26 Å². The molecule has 0 saturated heterocycles. The minimum Gasteiger partial charge on any atom is -0.350 e. The Labute approximate surface area is 130 Å². The zero-order valence-corrected chi connectivity index (χ0v) is 12.9. The van der Waals surface area contributed by atoms with Crippen molar-refractivity contribution in [2.75, 3.05) is 11.4 Å². The fraction of sp³-hybridized carbons (Fsp3) is 0.353. The first-order valence-corrected chi connectivity index (χ1v) is 7.42. The summed E-state index contributed by atoms with van der Waals surface area (Å²) < 4.78 is 14.5. The zero-order valence-electron chi connectivity index (χ0n) is 12.9. The molecule has 1 heterocycles. The van der Waals surface area contributed by atoms with Crippen molar-refractivity contribution < 1.29 is 4.39 Å². The fourth-order valence-electron chi connectivity index (χ4n) is 2.30. The second kappa shape index (κ2) is 7.51. The van der Waals surface area contributed by atoms with E-state index in [1.165, 1.54) is 6.33 Å². The lowest BCUT2D eigenvalue weighted by molar-refractivity contribution is 0.580. The molecule has 0 saturated carbocycles. The van der Waals surface area contributed by atoms with E-state index in [1.807, 2.05) is 30.9 Å². The van der Waals surface area contributed by atoms with E-state index in [9.17, 15) is 4.39 Å². The van der Waals surface area contributed by atoms with Gasteiger partial charge in [-0.05, 0) is 30.5 Å². The molecule has 1 aromatic heterocycles. The maximum atomic E-state index is 14.5. The monoisotopic (exact) mass is 298 g/mol. The van der Waals surface area contributed by atoms with E-state index in [1.54, 1.807) is 12.1 Å². The molecule has 0 aliphatic heterocycles. The summed E-state index contributed by atoms with van der Waals surface area (Å²) in [4.78, 5) is 10.0. The van der Waals surface area contributed by atoms with Crippen LogP contribution >= 0.6 is 0 Å². The number of aromatic nitrogens is 2. The van der Waals surface area contributed by atoms with E-state index in [0.717, 1.165) is 12.0 Å². The van der Waals surface area contributed by atoms with Crippen LogP contribution in [0.5, 0.6) is 0 Å². The number of nitrogens with zero attached hydrogens (tertiary/aromatic N) is 4. The first-order valence-electron chi connectivity index (χ1n) is 7.42. The predicted octanol–water partition coefficient (Wildman–Crippen LogP) is 3.47. The molecule has 0 aliphatic carbocycles. The summed E-state index contributed by atoms with van der Waals surface area (Å²) in [6.45, 7) is 5.18. The summed E-state index contributed by atoms with van der Waals surface area (Å²) in [5.74, 6) is 0.00477. The average molecular weight is 298 g/mol. The lowest BCUT2D eigenvalue weighted by Crippen LogP contribution is -2.26. The molecule has 0 spiro atoms. The predicted molar refractivity (Wildman–Crippen MR) is 83.9 cm³/mol. The molecule has 114 valence electrons. The number of halogens is 1. The number of nitriles is 1. The number of anilines is 1. The second-order valence-electron chi connectivity index (χ2n) is 5.04. The smallest absolute Gasteiger partial charge is 0.187 e. The number of aryl methyl sites for hydroxylation is 1. The highest BCUT2D eigenvalue weighted by Crippen LogP contribution is 2.21. The van der Waals surface area contributed by atoms with Crippen molar-refractivity contribution in [2.24, 2.45) is 0 Å². The molecular formula is C17H19FN4. The molecule has 0 amide bonds. The highest BCUT2D eigenvalue weighted by Gasteiger charge is 2.16. The Morgan fingerprint density at radius 1 is 1.18 bits per heavy atom. The van der Waals surface area contributed by atoms with Gasteiger partial charge in [-0.15, -0.1) is 0 Å². The van der Waals surface area contributed by atoms with Crippen molar-refractivity contribution in [3.8, 4) is 6.07 Å².